The average molecular weight is 1370 g/mol. The maximum absolute atomic E-state index is 13.5. The standard InChI is InChI=1S/C31H33N3O3.C28H34N2O3.C27H32N2O3/c1-36-30-21-26(15-16-29(30)37-23-25-12-6-3-7-13-25)22-34(19-17-27-14-8-9-18-33-27)31(35)28(32)20-24-10-4-2-5-11-24;1-3-4-6-14-28(31)30(19-17-25-13-9-10-18-29-25)21-24-15-16-26(27(20-24)32-2)33-22-23-11-7-5-8-12-23;1-3-4-13-27(30)29(18-16-24-12-8-9-17-28-24)20-23-14-15-25(26(19-23)31-2)32-21-22-10-6-5-7-11-22/h2-16,18,21,28H,17,19-20,22-23,32H2,1H3;5,7-13,15-16,18,20H,3-4,6,14,17,19,21-22H2,1-2H3;5-12,14-15,17,19H,3-4,13,16,18,20-21H2,1-2H3/t28-;;/m1../s1. The lowest BCUT2D eigenvalue weighted by Crippen LogP contribution is -2.45. The molecule has 3 heterocycles. The fourth-order valence-corrected chi connectivity index (χ4v) is 11.3. The van der Waals surface area contributed by atoms with Gasteiger partial charge in [0.25, 0.3) is 0 Å². The highest BCUT2D eigenvalue weighted by Crippen LogP contribution is 2.33. The smallest absolute Gasteiger partial charge is 0.240 e. The van der Waals surface area contributed by atoms with Crippen LogP contribution in [0.2, 0.25) is 0 Å². The predicted octanol–water partition coefficient (Wildman–Crippen LogP) is 16.1. The summed E-state index contributed by atoms with van der Waals surface area (Å²) in [5.41, 5.74) is 16.6. The highest BCUT2D eigenvalue weighted by molar-refractivity contribution is 5.82. The maximum atomic E-state index is 13.5. The summed E-state index contributed by atoms with van der Waals surface area (Å²) < 4.78 is 34.7. The summed E-state index contributed by atoms with van der Waals surface area (Å²) in [7, 11) is 4.90. The summed E-state index contributed by atoms with van der Waals surface area (Å²) in [4.78, 5) is 58.2. The molecule has 0 fully saturated rings. The molecule has 1 atom stereocenters. The summed E-state index contributed by atoms with van der Waals surface area (Å²) in [6.45, 7) is 8.89. The van der Waals surface area contributed by atoms with Crippen molar-refractivity contribution in [1.82, 2.24) is 29.7 Å². The molecule has 0 radical (unpaired) electrons. The van der Waals surface area contributed by atoms with E-state index >= 15 is 0 Å². The molecule has 0 bridgehead atoms. The van der Waals surface area contributed by atoms with Gasteiger partial charge in [0.1, 0.15) is 19.8 Å². The highest BCUT2D eigenvalue weighted by atomic mass is 16.5. The van der Waals surface area contributed by atoms with Gasteiger partial charge in [-0.25, -0.2) is 0 Å². The number of carbonyl (C=O) groups excluding carboxylic acids is 3. The number of hydrogen-bond acceptors (Lipinski definition) is 13. The molecule has 0 aliphatic carbocycles. The molecule has 0 unspecified atom stereocenters. The molecule has 10 aromatic rings. The van der Waals surface area contributed by atoms with Crippen LogP contribution < -0.4 is 34.2 Å². The lowest BCUT2D eigenvalue weighted by Gasteiger charge is -2.26. The average Bonchev–Trinajstić information content (AvgIpc) is 0.856. The van der Waals surface area contributed by atoms with Crippen molar-refractivity contribution in [2.75, 3.05) is 41.0 Å². The molecule has 532 valence electrons. The molecular formula is C86H99N7O9. The zero-order valence-corrected chi connectivity index (χ0v) is 59.8. The third kappa shape index (κ3) is 26.7. The monoisotopic (exact) mass is 1370 g/mol. The number of unbranched alkanes of at least 4 members (excludes halogenated alkanes) is 3. The Morgan fingerprint density at radius 1 is 0.363 bits per heavy atom. The number of nitrogens with zero attached hydrogens (tertiary/aromatic N) is 6. The second-order valence-electron chi connectivity index (χ2n) is 24.7. The molecule has 102 heavy (non-hydrogen) atoms. The SMILES string of the molecule is CCCCC(=O)N(CCc1ccccn1)Cc1ccc(OCc2ccccc2)c(OC)c1.CCCCCC(=O)N(CCc1ccccn1)Cc1ccc(OCc2ccccc2)c(OC)c1.COc1cc(CN(CCc2ccccn2)C(=O)[C@H](N)Cc2ccccc2)ccc1OCc1ccccc1. The molecule has 0 saturated carbocycles. The molecule has 2 N–H and O–H groups in total. The van der Waals surface area contributed by atoms with E-state index in [1.54, 1.807) is 39.9 Å². The topological polar surface area (TPSA) is 181 Å². The first-order valence-electron chi connectivity index (χ1n) is 35.4. The van der Waals surface area contributed by atoms with Crippen molar-refractivity contribution in [1.29, 1.82) is 0 Å². The quantitative estimate of drug-likeness (QED) is 0.0364. The van der Waals surface area contributed by atoms with Crippen molar-refractivity contribution >= 4 is 17.7 Å². The van der Waals surface area contributed by atoms with Crippen LogP contribution in [-0.4, -0.2) is 94.4 Å². The van der Waals surface area contributed by atoms with Crippen LogP contribution in [0.5, 0.6) is 34.5 Å². The lowest BCUT2D eigenvalue weighted by molar-refractivity contribution is -0.133. The predicted molar refractivity (Wildman–Crippen MR) is 403 cm³/mol. The highest BCUT2D eigenvalue weighted by Gasteiger charge is 2.24. The van der Waals surface area contributed by atoms with Crippen LogP contribution in [0.4, 0.5) is 0 Å². The molecule has 3 amide bonds. The van der Waals surface area contributed by atoms with Gasteiger partial charge in [0.15, 0.2) is 34.5 Å². The van der Waals surface area contributed by atoms with Gasteiger partial charge in [-0.15, -0.1) is 0 Å². The van der Waals surface area contributed by atoms with Crippen LogP contribution in [0.1, 0.15) is 115 Å². The number of amides is 3. The molecule has 3 aromatic heterocycles. The Hall–Kier alpha value is -10.8. The van der Waals surface area contributed by atoms with Gasteiger partial charge in [-0.2, -0.15) is 0 Å². The second kappa shape index (κ2) is 43.6. The Morgan fingerprint density at radius 3 is 1.02 bits per heavy atom. The van der Waals surface area contributed by atoms with Crippen molar-refractivity contribution in [3.8, 4) is 34.5 Å². The van der Waals surface area contributed by atoms with E-state index in [0.717, 1.165) is 101 Å². The van der Waals surface area contributed by atoms with E-state index in [0.29, 0.717) is 119 Å². The number of carbonyl (C=O) groups is 3. The number of methoxy groups -OCH3 is 3. The summed E-state index contributed by atoms with van der Waals surface area (Å²) >= 11 is 0. The third-order valence-corrected chi connectivity index (χ3v) is 17.0. The summed E-state index contributed by atoms with van der Waals surface area (Å²) in [5.74, 6) is 4.27. The molecule has 7 aromatic carbocycles. The number of benzene rings is 7. The van der Waals surface area contributed by atoms with E-state index in [4.69, 9.17) is 34.2 Å². The molecule has 16 nitrogen and oxygen atoms in total. The van der Waals surface area contributed by atoms with E-state index in [9.17, 15) is 14.4 Å². The first-order valence-corrected chi connectivity index (χ1v) is 35.4. The summed E-state index contributed by atoms with van der Waals surface area (Å²) in [5, 5.41) is 0. The van der Waals surface area contributed by atoms with Gasteiger partial charge < -0.3 is 48.9 Å². The first kappa shape index (κ1) is 76.9. The van der Waals surface area contributed by atoms with Crippen LogP contribution >= 0.6 is 0 Å². The van der Waals surface area contributed by atoms with Gasteiger partial charge in [0, 0.05) is 107 Å². The molecule has 10 rings (SSSR count). The first-order chi connectivity index (χ1) is 50.0. The summed E-state index contributed by atoms with van der Waals surface area (Å²) in [6.07, 6.45) is 14.1. The maximum Gasteiger partial charge on any atom is 0.240 e. The van der Waals surface area contributed by atoms with Crippen LogP contribution in [0.3, 0.4) is 0 Å². The van der Waals surface area contributed by atoms with Crippen molar-refractivity contribution in [2.45, 2.75) is 130 Å². The minimum atomic E-state index is -0.637. The summed E-state index contributed by atoms with van der Waals surface area (Å²) in [6, 6.07) is 74.4. The van der Waals surface area contributed by atoms with E-state index in [1.165, 1.54) is 0 Å². The lowest BCUT2D eigenvalue weighted by atomic mass is 10.0. The van der Waals surface area contributed by atoms with Crippen LogP contribution in [-0.2, 0) is 79.5 Å². The molecule has 0 saturated heterocycles. The Balaban J connectivity index is 0.000000195. The second-order valence-corrected chi connectivity index (χ2v) is 24.7. The number of rotatable bonds is 37. The van der Waals surface area contributed by atoms with Crippen molar-refractivity contribution < 1.29 is 42.8 Å². The van der Waals surface area contributed by atoms with Gasteiger partial charge in [0.2, 0.25) is 17.7 Å². The van der Waals surface area contributed by atoms with E-state index in [-0.39, 0.29) is 17.7 Å². The largest absolute Gasteiger partial charge is 0.493 e. The van der Waals surface area contributed by atoms with Gasteiger partial charge in [-0.05, 0) is 131 Å². The Kier molecular flexibility index (Phi) is 32.9. The van der Waals surface area contributed by atoms with Gasteiger partial charge in [-0.1, -0.05) is 191 Å². The van der Waals surface area contributed by atoms with Crippen LogP contribution in [0, 0.1) is 0 Å². The fraction of sp³-hybridized carbons (Fsp3) is 0.302. The number of nitrogens with two attached hydrogens (primary N) is 1. The third-order valence-electron chi connectivity index (χ3n) is 17.0. The molecule has 16 heteroatoms. The van der Waals surface area contributed by atoms with E-state index in [2.05, 4.69) is 28.8 Å². The van der Waals surface area contributed by atoms with Crippen molar-refractivity contribution in [3.05, 3.63) is 305 Å². The van der Waals surface area contributed by atoms with Gasteiger partial charge >= 0.3 is 0 Å². The number of ether oxygens (including phenoxy) is 6. The molecule has 0 spiro atoms. The number of aromatic nitrogens is 3. The van der Waals surface area contributed by atoms with Crippen molar-refractivity contribution in [2.24, 2.45) is 5.73 Å². The van der Waals surface area contributed by atoms with Crippen LogP contribution in [0.15, 0.2) is 249 Å². The zero-order valence-electron chi connectivity index (χ0n) is 59.8. The molecule has 0 aliphatic rings. The van der Waals surface area contributed by atoms with Gasteiger partial charge in [0.05, 0.1) is 27.4 Å². The number of hydrogen-bond donors (Lipinski definition) is 1. The fourth-order valence-electron chi connectivity index (χ4n) is 11.3. The number of pyridine rings is 3. The van der Waals surface area contributed by atoms with E-state index < -0.39 is 6.04 Å². The minimum absolute atomic E-state index is 0.0943. The molecular weight excluding hydrogens is 1270 g/mol. The Morgan fingerprint density at radius 2 is 0.686 bits per heavy atom. The Bertz CT molecular complexity index is 4010. The van der Waals surface area contributed by atoms with Crippen molar-refractivity contribution in [3.63, 3.8) is 0 Å². The zero-order chi connectivity index (χ0) is 71.8. The van der Waals surface area contributed by atoms with E-state index in [1.807, 2.05) is 245 Å². The Labute approximate surface area is 603 Å². The molecule has 0 aliphatic heterocycles. The van der Waals surface area contributed by atoms with Crippen LogP contribution in [0.25, 0.3) is 0 Å². The normalized spacial score (nSPS) is 10.9. The minimum Gasteiger partial charge on any atom is -0.493 e. The van der Waals surface area contributed by atoms with Gasteiger partial charge in [-0.3, -0.25) is 29.3 Å².